The number of carbonyl (C=O) groups excluding carboxylic acids is 1. The summed E-state index contributed by atoms with van der Waals surface area (Å²) in [5.41, 5.74) is 1.06. The Bertz CT molecular complexity index is 591. The minimum absolute atomic E-state index is 0.249. The predicted molar refractivity (Wildman–Crippen MR) is 82.3 cm³/mol. The number of anilines is 2. The summed E-state index contributed by atoms with van der Waals surface area (Å²) in [7, 11) is 0. The van der Waals surface area contributed by atoms with Crippen molar-refractivity contribution in [2.75, 3.05) is 10.6 Å². The van der Waals surface area contributed by atoms with Gasteiger partial charge in [-0.2, -0.15) is 0 Å². The lowest BCUT2D eigenvalue weighted by Crippen LogP contribution is -2.17. The molecule has 0 saturated heterocycles. The van der Waals surface area contributed by atoms with Gasteiger partial charge in [0.15, 0.2) is 0 Å². The van der Waals surface area contributed by atoms with Crippen LogP contribution in [0.5, 0.6) is 0 Å². The summed E-state index contributed by atoms with van der Waals surface area (Å²) in [6, 6.07) is 9.80. The smallest absolute Gasteiger partial charge is 0.275 e. The van der Waals surface area contributed by atoms with Crippen molar-refractivity contribution in [2.45, 2.75) is 31.7 Å². The molecule has 21 heavy (non-hydrogen) atoms. The van der Waals surface area contributed by atoms with Crippen molar-refractivity contribution >= 4 is 17.4 Å². The van der Waals surface area contributed by atoms with E-state index in [2.05, 4.69) is 20.6 Å². The zero-order valence-corrected chi connectivity index (χ0v) is 11.7. The number of benzene rings is 1. The normalized spacial score (nSPS) is 14.9. The van der Waals surface area contributed by atoms with E-state index < -0.39 is 0 Å². The third kappa shape index (κ3) is 3.56. The van der Waals surface area contributed by atoms with Gasteiger partial charge in [0.05, 0.1) is 12.4 Å². The molecule has 1 amide bonds. The van der Waals surface area contributed by atoms with Crippen LogP contribution in [0.1, 0.15) is 36.2 Å². The van der Waals surface area contributed by atoms with Gasteiger partial charge in [0.25, 0.3) is 5.91 Å². The van der Waals surface area contributed by atoms with E-state index in [4.69, 9.17) is 0 Å². The van der Waals surface area contributed by atoms with Gasteiger partial charge in [0.2, 0.25) is 0 Å². The molecule has 0 spiro atoms. The van der Waals surface area contributed by atoms with Gasteiger partial charge in [0.1, 0.15) is 11.5 Å². The fourth-order valence-corrected chi connectivity index (χ4v) is 2.52. The number of rotatable bonds is 4. The quantitative estimate of drug-likeness (QED) is 0.904. The molecular formula is C16H18N4O. The minimum Gasteiger partial charge on any atom is -0.366 e. The summed E-state index contributed by atoms with van der Waals surface area (Å²) in [4.78, 5) is 20.5. The minimum atomic E-state index is -0.249. The first-order valence-corrected chi connectivity index (χ1v) is 7.26. The third-order valence-electron chi connectivity index (χ3n) is 3.62. The van der Waals surface area contributed by atoms with Crippen molar-refractivity contribution in [3.05, 3.63) is 48.4 Å². The fraction of sp³-hybridized carbons (Fsp3) is 0.312. The Hall–Kier alpha value is -2.43. The summed E-state index contributed by atoms with van der Waals surface area (Å²) >= 11 is 0. The van der Waals surface area contributed by atoms with Gasteiger partial charge in [-0.15, -0.1) is 0 Å². The maximum absolute atomic E-state index is 12.0. The molecule has 1 aromatic heterocycles. The van der Waals surface area contributed by atoms with Crippen LogP contribution in [0.15, 0.2) is 42.7 Å². The van der Waals surface area contributed by atoms with Gasteiger partial charge >= 0.3 is 0 Å². The second kappa shape index (κ2) is 6.35. The van der Waals surface area contributed by atoms with Crippen LogP contribution in [0.4, 0.5) is 11.5 Å². The Morgan fingerprint density at radius 3 is 2.48 bits per heavy atom. The van der Waals surface area contributed by atoms with E-state index in [1.54, 1.807) is 6.20 Å². The van der Waals surface area contributed by atoms with Crippen LogP contribution in [-0.2, 0) is 0 Å². The second-order valence-electron chi connectivity index (χ2n) is 5.23. The summed E-state index contributed by atoms with van der Waals surface area (Å²) in [6.07, 6.45) is 8.02. The molecule has 1 aromatic carbocycles. The maximum atomic E-state index is 12.0. The van der Waals surface area contributed by atoms with Crippen molar-refractivity contribution in [3.63, 3.8) is 0 Å². The Labute approximate surface area is 123 Å². The van der Waals surface area contributed by atoms with E-state index >= 15 is 0 Å². The molecule has 0 radical (unpaired) electrons. The molecule has 0 unspecified atom stereocenters. The Morgan fingerprint density at radius 1 is 1.05 bits per heavy atom. The van der Waals surface area contributed by atoms with Crippen LogP contribution in [-0.4, -0.2) is 21.9 Å². The summed E-state index contributed by atoms with van der Waals surface area (Å²) in [6.45, 7) is 0. The van der Waals surface area contributed by atoms with Gasteiger partial charge in [-0.3, -0.25) is 4.79 Å². The number of hydrogen-bond donors (Lipinski definition) is 2. The zero-order valence-electron chi connectivity index (χ0n) is 11.7. The molecule has 1 aliphatic rings. The molecule has 3 rings (SSSR count). The zero-order chi connectivity index (χ0) is 14.5. The van der Waals surface area contributed by atoms with Gasteiger partial charge in [-0.25, -0.2) is 9.97 Å². The van der Waals surface area contributed by atoms with Crippen LogP contribution in [0.25, 0.3) is 0 Å². The van der Waals surface area contributed by atoms with Crippen LogP contribution < -0.4 is 10.6 Å². The lowest BCUT2D eigenvalue weighted by atomic mass is 10.2. The molecular weight excluding hydrogens is 264 g/mol. The first-order valence-electron chi connectivity index (χ1n) is 7.26. The highest BCUT2D eigenvalue weighted by Gasteiger charge is 2.15. The molecule has 0 atom stereocenters. The predicted octanol–water partition coefficient (Wildman–Crippen LogP) is 3.08. The first-order chi connectivity index (χ1) is 10.3. The van der Waals surface area contributed by atoms with Crippen LogP contribution in [0, 0.1) is 0 Å². The number of nitrogens with zero attached hydrogens (tertiary/aromatic N) is 2. The summed E-state index contributed by atoms with van der Waals surface area (Å²) in [5, 5.41) is 6.14. The lowest BCUT2D eigenvalue weighted by Gasteiger charge is -2.12. The Kier molecular flexibility index (Phi) is 4.09. The third-order valence-corrected chi connectivity index (χ3v) is 3.62. The highest BCUT2D eigenvalue weighted by Crippen LogP contribution is 2.21. The van der Waals surface area contributed by atoms with Crippen molar-refractivity contribution < 1.29 is 4.79 Å². The topological polar surface area (TPSA) is 66.9 Å². The van der Waals surface area contributed by atoms with Crippen molar-refractivity contribution in [3.8, 4) is 0 Å². The van der Waals surface area contributed by atoms with Crippen molar-refractivity contribution in [1.82, 2.24) is 9.97 Å². The number of amides is 1. The van der Waals surface area contributed by atoms with Gasteiger partial charge in [-0.1, -0.05) is 31.0 Å². The Balaban J connectivity index is 1.62. The standard InChI is InChI=1S/C16H18N4O/c21-16(20-13-6-2-1-3-7-13)14-10-18-15(11-17-14)19-12-8-4-5-9-12/h1-3,6-7,10-12H,4-5,8-9H2,(H,18,19)(H,20,21). The van der Waals surface area contributed by atoms with E-state index in [0.717, 1.165) is 11.5 Å². The average Bonchev–Trinajstić information content (AvgIpc) is 3.02. The summed E-state index contributed by atoms with van der Waals surface area (Å²) < 4.78 is 0. The second-order valence-corrected chi connectivity index (χ2v) is 5.23. The molecule has 0 bridgehead atoms. The maximum Gasteiger partial charge on any atom is 0.275 e. The van der Waals surface area contributed by atoms with Gasteiger partial charge in [-0.05, 0) is 25.0 Å². The molecule has 108 valence electrons. The highest BCUT2D eigenvalue weighted by atomic mass is 16.1. The molecule has 2 N–H and O–H groups in total. The molecule has 1 aliphatic carbocycles. The largest absolute Gasteiger partial charge is 0.366 e. The number of aromatic nitrogens is 2. The van der Waals surface area contributed by atoms with E-state index in [0.29, 0.717) is 11.7 Å². The summed E-state index contributed by atoms with van der Waals surface area (Å²) in [5.74, 6) is 0.485. The molecule has 1 fully saturated rings. The van der Waals surface area contributed by atoms with Crippen LogP contribution in [0.2, 0.25) is 0 Å². The lowest BCUT2D eigenvalue weighted by molar-refractivity contribution is 0.102. The van der Waals surface area contributed by atoms with Crippen LogP contribution in [0.3, 0.4) is 0 Å². The number of carbonyl (C=O) groups is 1. The van der Waals surface area contributed by atoms with Gasteiger partial charge in [0, 0.05) is 11.7 Å². The van der Waals surface area contributed by atoms with E-state index in [1.807, 2.05) is 30.3 Å². The molecule has 5 heteroatoms. The highest BCUT2D eigenvalue weighted by molar-refractivity contribution is 6.02. The molecule has 0 aliphatic heterocycles. The fourth-order valence-electron chi connectivity index (χ4n) is 2.52. The SMILES string of the molecule is O=C(Nc1ccccc1)c1cnc(NC2CCCC2)cn1. The number of para-hydroxylation sites is 1. The van der Waals surface area contributed by atoms with E-state index in [-0.39, 0.29) is 5.91 Å². The number of hydrogen-bond acceptors (Lipinski definition) is 4. The molecule has 2 aromatic rings. The molecule has 5 nitrogen and oxygen atoms in total. The average molecular weight is 282 g/mol. The van der Waals surface area contributed by atoms with Crippen molar-refractivity contribution in [2.24, 2.45) is 0 Å². The van der Waals surface area contributed by atoms with Crippen molar-refractivity contribution in [1.29, 1.82) is 0 Å². The van der Waals surface area contributed by atoms with Gasteiger partial charge < -0.3 is 10.6 Å². The molecule has 1 heterocycles. The Morgan fingerprint density at radius 2 is 1.81 bits per heavy atom. The van der Waals surface area contributed by atoms with E-state index in [1.165, 1.54) is 31.9 Å². The molecule has 1 saturated carbocycles. The van der Waals surface area contributed by atoms with E-state index in [9.17, 15) is 4.79 Å². The van der Waals surface area contributed by atoms with Crippen LogP contribution >= 0.6 is 0 Å². The number of nitrogens with one attached hydrogen (secondary N) is 2. The monoisotopic (exact) mass is 282 g/mol. The first kappa shape index (κ1) is 13.5.